The van der Waals surface area contributed by atoms with Gasteiger partial charge in [-0.15, -0.1) is 0 Å². The molecule has 0 aliphatic carbocycles. The molecule has 202 valence electrons. The molecule has 2 aromatic heterocycles. The van der Waals surface area contributed by atoms with Crippen LogP contribution >= 0.6 is 15.2 Å². The average Bonchev–Trinajstić information content (AvgIpc) is 3.35. The Bertz CT molecular complexity index is 1530. The molecular weight excluding hydrogens is 550 g/mol. The number of halogens is 2. The van der Waals surface area contributed by atoms with E-state index >= 15 is 0 Å². The number of hydrogen-bond donors (Lipinski definition) is 5. The van der Waals surface area contributed by atoms with Gasteiger partial charge in [-0.05, 0) is 12.1 Å². The SMILES string of the molecule is O=c1ccn([C@@H]2O[C@H](COP(=O)(O)C(F)(F)P(=O)(O)O)[C@H](O)[C@@H]2O)c(=O)n1Cc1noc2ccccc12. The topological polar surface area (TPSA) is 224 Å². The van der Waals surface area contributed by atoms with Crippen molar-refractivity contribution in [1.29, 1.82) is 0 Å². The van der Waals surface area contributed by atoms with Crippen molar-refractivity contribution in [3.63, 3.8) is 0 Å². The molecule has 0 spiro atoms. The maximum atomic E-state index is 13.6. The molecule has 1 saturated heterocycles. The maximum absolute atomic E-state index is 13.6. The molecule has 3 aromatic rings. The summed E-state index contributed by atoms with van der Waals surface area (Å²) in [6.45, 7) is -1.67. The van der Waals surface area contributed by atoms with Gasteiger partial charge in [0.1, 0.15) is 24.0 Å². The van der Waals surface area contributed by atoms with Crippen molar-refractivity contribution in [2.24, 2.45) is 0 Å². The van der Waals surface area contributed by atoms with Crippen molar-refractivity contribution in [3.8, 4) is 0 Å². The second-order valence-electron chi connectivity index (χ2n) is 7.97. The molecule has 15 nitrogen and oxygen atoms in total. The second-order valence-corrected chi connectivity index (χ2v) is 11.8. The highest BCUT2D eigenvalue weighted by Gasteiger charge is 2.65. The van der Waals surface area contributed by atoms with Crippen molar-refractivity contribution < 1.29 is 56.6 Å². The van der Waals surface area contributed by atoms with Crippen LogP contribution in [0.1, 0.15) is 11.9 Å². The highest BCUT2D eigenvalue weighted by Crippen LogP contribution is 2.73. The first-order chi connectivity index (χ1) is 17.2. The maximum Gasteiger partial charge on any atom is 0.443 e. The van der Waals surface area contributed by atoms with Gasteiger partial charge in [0.2, 0.25) is 0 Å². The van der Waals surface area contributed by atoms with E-state index in [-0.39, 0.29) is 12.2 Å². The summed E-state index contributed by atoms with van der Waals surface area (Å²) in [5, 5.41) is 19.5. The summed E-state index contributed by atoms with van der Waals surface area (Å²) in [6, 6.07) is 7.58. The Balaban J connectivity index is 1.57. The number of aromatic nitrogens is 3. The highest BCUT2D eigenvalue weighted by atomic mass is 31.2. The number of fused-ring (bicyclic) bond motifs is 1. The molecule has 0 amide bonds. The van der Waals surface area contributed by atoms with Crippen LogP contribution < -0.4 is 11.2 Å². The number of nitrogens with zero attached hydrogens (tertiary/aromatic N) is 3. The summed E-state index contributed by atoms with van der Waals surface area (Å²) in [5.74, 6) is 0. The summed E-state index contributed by atoms with van der Waals surface area (Å²) in [6.07, 6.45) is -6.44. The van der Waals surface area contributed by atoms with Crippen LogP contribution in [-0.2, 0) is 24.9 Å². The third-order valence-corrected chi connectivity index (χ3v) is 8.99. The summed E-state index contributed by atoms with van der Waals surface area (Å²) in [4.78, 5) is 52.1. The fraction of sp³-hybridized carbons (Fsp3) is 0.389. The predicted octanol–water partition coefficient (Wildman–Crippen LogP) is -0.251. The lowest BCUT2D eigenvalue weighted by Crippen LogP contribution is -2.43. The van der Waals surface area contributed by atoms with E-state index in [1.54, 1.807) is 24.3 Å². The van der Waals surface area contributed by atoms with E-state index in [1.807, 2.05) is 0 Å². The van der Waals surface area contributed by atoms with E-state index in [2.05, 4.69) is 9.68 Å². The summed E-state index contributed by atoms with van der Waals surface area (Å²) in [7, 11) is -12.7. The lowest BCUT2D eigenvalue weighted by atomic mass is 10.1. The minimum atomic E-state index is -6.41. The third kappa shape index (κ3) is 4.85. The van der Waals surface area contributed by atoms with E-state index in [1.165, 1.54) is 0 Å². The lowest BCUT2D eigenvalue weighted by Gasteiger charge is -2.24. The Morgan fingerprint density at radius 3 is 2.43 bits per heavy atom. The van der Waals surface area contributed by atoms with Crippen LogP contribution in [0, 0.1) is 0 Å². The van der Waals surface area contributed by atoms with Crippen LogP contribution in [0.3, 0.4) is 0 Å². The Kier molecular flexibility index (Phi) is 7.13. The van der Waals surface area contributed by atoms with Gasteiger partial charge in [0.25, 0.3) is 5.56 Å². The van der Waals surface area contributed by atoms with Gasteiger partial charge in [-0.3, -0.25) is 23.1 Å². The van der Waals surface area contributed by atoms with Crippen LogP contribution in [0.4, 0.5) is 8.78 Å². The summed E-state index contributed by atoms with van der Waals surface area (Å²) >= 11 is 0. The van der Waals surface area contributed by atoms with Crippen LogP contribution in [0.5, 0.6) is 0 Å². The molecule has 1 aliphatic rings. The molecule has 1 aliphatic heterocycles. The molecule has 1 fully saturated rings. The molecule has 37 heavy (non-hydrogen) atoms. The Labute approximate surface area is 203 Å². The zero-order valence-electron chi connectivity index (χ0n) is 18.3. The number of aliphatic hydroxyl groups is 2. The van der Waals surface area contributed by atoms with Crippen molar-refractivity contribution in [1.82, 2.24) is 14.3 Å². The number of para-hydroxylation sites is 1. The summed E-state index contributed by atoms with van der Waals surface area (Å²) < 4.78 is 65.8. The number of aliphatic hydroxyl groups excluding tert-OH is 2. The van der Waals surface area contributed by atoms with Crippen LogP contribution in [0.15, 0.2) is 50.6 Å². The molecule has 4 rings (SSSR count). The quantitative estimate of drug-likeness (QED) is 0.221. The monoisotopic (exact) mass is 569 g/mol. The number of rotatable bonds is 8. The van der Waals surface area contributed by atoms with Gasteiger partial charge in [-0.2, -0.15) is 8.78 Å². The van der Waals surface area contributed by atoms with Crippen molar-refractivity contribution in [3.05, 3.63) is 63.1 Å². The minimum absolute atomic E-state index is 0.233. The fourth-order valence-corrected chi connectivity index (χ4v) is 5.58. The molecule has 0 saturated carbocycles. The molecule has 1 aromatic carbocycles. The van der Waals surface area contributed by atoms with Gasteiger partial charge in [0.15, 0.2) is 11.8 Å². The van der Waals surface area contributed by atoms with Gasteiger partial charge in [0.05, 0.1) is 13.2 Å². The van der Waals surface area contributed by atoms with Crippen molar-refractivity contribution >= 4 is 26.2 Å². The van der Waals surface area contributed by atoms with Crippen molar-refractivity contribution in [2.75, 3.05) is 6.61 Å². The number of benzene rings is 1. The summed E-state index contributed by atoms with van der Waals surface area (Å²) in [5.41, 5.74) is -1.16. The predicted molar refractivity (Wildman–Crippen MR) is 117 cm³/mol. The molecule has 3 heterocycles. The van der Waals surface area contributed by atoms with Gasteiger partial charge < -0.3 is 38.7 Å². The Hall–Kier alpha value is -2.59. The second kappa shape index (κ2) is 9.62. The van der Waals surface area contributed by atoms with Gasteiger partial charge >= 0.3 is 26.3 Å². The molecular formula is C18H19F2N3O12P2. The fourth-order valence-electron chi connectivity index (χ4n) is 3.59. The van der Waals surface area contributed by atoms with E-state index in [9.17, 15) is 42.6 Å². The normalized spacial score (nSPS) is 24.4. The largest absolute Gasteiger partial charge is 0.443 e. The average molecular weight is 569 g/mol. The molecule has 5 atom stereocenters. The Morgan fingerprint density at radius 2 is 1.76 bits per heavy atom. The number of hydrogen-bond acceptors (Lipinski definition) is 10. The third-order valence-electron chi connectivity index (χ3n) is 5.57. The van der Waals surface area contributed by atoms with E-state index in [4.69, 9.17) is 19.0 Å². The number of alkyl halides is 2. The standard InChI is InChI=1S/C18H19F2N3O12P2/c19-18(20,36(28,29)30)37(31,32)33-8-12-14(25)15(26)16(34-12)22-6-5-13(24)23(17(22)27)7-10-9-3-1-2-4-11(9)35-21-10/h1-6,12,14-16,25-26H,7-8H2,(H,31,32)(H2,28,29,30)/t12-,14+,15+,16-/m1/s1. The van der Waals surface area contributed by atoms with Gasteiger partial charge in [-0.25, -0.2) is 4.79 Å². The molecule has 5 N–H and O–H groups in total. The van der Waals surface area contributed by atoms with E-state index in [0.717, 1.165) is 16.8 Å². The lowest BCUT2D eigenvalue weighted by molar-refractivity contribution is -0.0551. The van der Waals surface area contributed by atoms with Crippen LogP contribution in [-0.4, -0.2) is 69.5 Å². The molecule has 19 heteroatoms. The molecule has 0 bridgehead atoms. The first-order valence-corrected chi connectivity index (χ1v) is 13.4. The highest BCUT2D eigenvalue weighted by molar-refractivity contribution is 7.72. The zero-order chi connectivity index (χ0) is 27.3. The van der Waals surface area contributed by atoms with E-state index in [0.29, 0.717) is 15.5 Å². The first kappa shape index (κ1) is 27.4. The van der Waals surface area contributed by atoms with Gasteiger partial charge in [0, 0.05) is 17.6 Å². The minimum Gasteiger partial charge on any atom is -0.387 e. The Morgan fingerprint density at radius 1 is 1.08 bits per heavy atom. The zero-order valence-corrected chi connectivity index (χ0v) is 20.1. The van der Waals surface area contributed by atoms with Crippen molar-refractivity contribution in [2.45, 2.75) is 36.5 Å². The van der Waals surface area contributed by atoms with E-state index < -0.39 is 63.0 Å². The number of ether oxygens (including phenoxy) is 1. The molecule has 1 unspecified atom stereocenters. The smallest absolute Gasteiger partial charge is 0.387 e. The van der Waals surface area contributed by atoms with Crippen LogP contribution in [0.2, 0.25) is 0 Å². The first-order valence-electron chi connectivity index (χ1n) is 10.2. The van der Waals surface area contributed by atoms with Gasteiger partial charge in [-0.1, -0.05) is 17.3 Å². The molecule has 0 radical (unpaired) electrons. The van der Waals surface area contributed by atoms with Crippen LogP contribution in [0.25, 0.3) is 11.0 Å².